The van der Waals surface area contributed by atoms with E-state index < -0.39 is 11.9 Å². The first-order valence-electron chi connectivity index (χ1n) is 8.48. The van der Waals surface area contributed by atoms with E-state index in [9.17, 15) is 9.59 Å². The van der Waals surface area contributed by atoms with Gasteiger partial charge in [0.05, 0.1) is 0 Å². The van der Waals surface area contributed by atoms with Gasteiger partial charge in [-0.2, -0.15) is 0 Å². The molecule has 0 heterocycles. The van der Waals surface area contributed by atoms with Crippen LogP contribution < -0.4 is 0 Å². The summed E-state index contributed by atoms with van der Waals surface area (Å²) in [6.45, 7) is 10.9. The van der Waals surface area contributed by atoms with Gasteiger partial charge in [0.25, 0.3) is 0 Å². The minimum atomic E-state index is -0.682. The van der Waals surface area contributed by atoms with Crippen molar-refractivity contribution >= 4 is 11.9 Å². The van der Waals surface area contributed by atoms with Crippen LogP contribution in [0.5, 0.6) is 0 Å². The van der Waals surface area contributed by atoms with Crippen LogP contribution in [0.3, 0.4) is 0 Å². The SMILES string of the molecule is CC(C)(C)CCCCC(=O)O.CC(C)CCCCCC(=O)O. The second-order valence-corrected chi connectivity index (χ2v) is 7.55. The van der Waals surface area contributed by atoms with Crippen molar-refractivity contribution in [1.82, 2.24) is 0 Å². The summed E-state index contributed by atoms with van der Waals surface area (Å²) in [6.07, 6.45) is 7.88. The van der Waals surface area contributed by atoms with E-state index in [1.54, 1.807) is 0 Å². The summed E-state index contributed by atoms with van der Waals surface area (Å²) in [4.78, 5) is 20.2. The molecule has 0 radical (unpaired) electrons. The molecule has 2 N–H and O–H groups in total. The Morgan fingerprint density at radius 2 is 1.27 bits per heavy atom. The van der Waals surface area contributed by atoms with Gasteiger partial charge in [0.2, 0.25) is 0 Å². The zero-order valence-electron chi connectivity index (χ0n) is 15.2. The second kappa shape index (κ2) is 13.6. The van der Waals surface area contributed by atoms with Crippen molar-refractivity contribution in [2.75, 3.05) is 0 Å². The predicted molar refractivity (Wildman–Crippen MR) is 91.1 cm³/mol. The van der Waals surface area contributed by atoms with Crippen LogP contribution in [0.25, 0.3) is 0 Å². The number of carboxylic acids is 2. The summed E-state index contributed by atoms with van der Waals surface area (Å²) in [6, 6.07) is 0. The van der Waals surface area contributed by atoms with Gasteiger partial charge in [0.1, 0.15) is 0 Å². The molecular weight excluding hydrogens is 280 g/mol. The third kappa shape index (κ3) is 27.3. The van der Waals surface area contributed by atoms with Crippen molar-refractivity contribution in [3.8, 4) is 0 Å². The highest BCUT2D eigenvalue weighted by atomic mass is 16.4. The quantitative estimate of drug-likeness (QED) is 0.532. The molecule has 132 valence electrons. The smallest absolute Gasteiger partial charge is 0.303 e. The first-order valence-corrected chi connectivity index (χ1v) is 8.48. The standard InChI is InChI=1S/2C9H18O2/c1-9(2,3)7-5-4-6-8(10)11;1-8(2)6-4-3-5-7-9(10)11/h4-7H2,1-3H3,(H,10,11);8H,3-7H2,1-2H3,(H,10,11). The molecule has 0 spiro atoms. The molecule has 0 saturated heterocycles. The first-order chi connectivity index (χ1) is 10.0. The number of unbranched alkanes of at least 4 members (excludes halogenated alkanes) is 3. The summed E-state index contributed by atoms with van der Waals surface area (Å²) < 4.78 is 0. The van der Waals surface area contributed by atoms with E-state index in [1.807, 2.05) is 0 Å². The lowest BCUT2D eigenvalue weighted by Gasteiger charge is -2.16. The fourth-order valence-corrected chi connectivity index (χ4v) is 1.94. The molecule has 4 nitrogen and oxygen atoms in total. The number of hydrogen-bond acceptors (Lipinski definition) is 2. The molecule has 0 saturated carbocycles. The average molecular weight is 316 g/mol. The van der Waals surface area contributed by atoms with E-state index in [4.69, 9.17) is 10.2 Å². The van der Waals surface area contributed by atoms with Gasteiger partial charge in [0, 0.05) is 12.8 Å². The normalized spacial score (nSPS) is 11.0. The molecule has 0 bridgehead atoms. The van der Waals surface area contributed by atoms with Crippen LogP contribution in [0.2, 0.25) is 0 Å². The Hall–Kier alpha value is -1.06. The van der Waals surface area contributed by atoms with Crippen molar-refractivity contribution in [3.63, 3.8) is 0 Å². The molecule has 0 aliphatic heterocycles. The number of carboxylic acid groups (broad SMARTS) is 2. The highest BCUT2D eigenvalue weighted by molar-refractivity contribution is 5.66. The van der Waals surface area contributed by atoms with E-state index in [0.717, 1.165) is 38.0 Å². The molecule has 4 heteroatoms. The molecule has 0 amide bonds. The lowest BCUT2D eigenvalue weighted by atomic mass is 9.89. The third-order valence-corrected chi connectivity index (χ3v) is 3.24. The summed E-state index contributed by atoms with van der Waals surface area (Å²) >= 11 is 0. The van der Waals surface area contributed by atoms with Crippen molar-refractivity contribution in [2.24, 2.45) is 11.3 Å². The van der Waals surface area contributed by atoms with Crippen LogP contribution >= 0.6 is 0 Å². The summed E-state index contributed by atoms with van der Waals surface area (Å²) in [5.74, 6) is -0.603. The Kier molecular flexibility index (Phi) is 14.3. The first kappa shape index (κ1) is 23.2. The van der Waals surface area contributed by atoms with Gasteiger partial charge in [-0.05, 0) is 30.6 Å². The summed E-state index contributed by atoms with van der Waals surface area (Å²) in [7, 11) is 0. The Balaban J connectivity index is 0. The third-order valence-electron chi connectivity index (χ3n) is 3.24. The Bertz CT molecular complexity index is 290. The average Bonchev–Trinajstić information content (AvgIpc) is 2.33. The van der Waals surface area contributed by atoms with Gasteiger partial charge < -0.3 is 10.2 Å². The lowest BCUT2D eigenvalue weighted by Crippen LogP contribution is -2.04. The maximum absolute atomic E-state index is 10.1. The summed E-state index contributed by atoms with van der Waals surface area (Å²) in [5, 5.41) is 16.7. The van der Waals surface area contributed by atoms with Gasteiger partial charge in [-0.1, -0.05) is 60.3 Å². The fourth-order valence-electron chi connectivity index (χ4n) is 1.94. The van der Waals surface area contributed by atoms with Crippen molar-refractivity contribution in [1.29, 1.82) is 0 Å². The molecular formula is C18H36O4. The topological polar surface area (TPSA) is 74.6 Å². The lowest BCUT2D eigenvalue weighted by molar-refractivity contribution is -0.138. The Morgan fingerprint density at radius 3 is 1.64 bits per heavy atom. The van der Waals surface area contributed by atoms with E-state index in [1.165, 1.54) is 12.8 Å². The fraction of sp³-hybridized carbons (Fsp3) is 0.889. The molecule has 0 aliphatic carbocycles. The monoisotopic (exact) mass is 316 g/mol. The van der Waals surface area contributed by atoms with Crippen molar-refractivity contribution in [2.45, 2.75) is 92.4 Å². The number of carbonyl (C=O) groups is 2. The predicted octanol–water partition coefficient (Wildman–Crippen LogP) is 5.36. The van der Waals surface area contributed by atoms with Crippen LogP contribution in [0, 0.1) is 11.3 Å². The Labute approximate surface area is 136 Å². The van der Waals surface area contributed by atoms with Crippen LogP contribution in [0.1, 0.15) is 92.4 Å². The van der Waals surface area contributed by atoms with Gasteiger partial charge in [-0.25, -0.2) is 0 Å². The number of hydrogen-bond donors (Lipinski definition) is 2. The molecule has 0 unspecified atom stereocenters. The minimum Gasteiger partial charge on any atom is -0.481 e. The maximum atomic E-state index is 10.1. The molecule has 0 aromatic rings. The second-order valence-electron chi connectivity index (χ2n) is 7.55. The largest absolute Gasteiger partial charge is 0.481 e. The van der Waals surface area contributed by atoms with Gasteiger partial charge in [-0.3, -0.25) is 9.59 Å². The zero-order valence-corrected chi connectivity index (χ0v) is 15.2. The molecule has 0 atom stereocenters. The van der Waals surface area contributed by atoms with Gasteiger partial charge in [0.15, 0.2) is 0 Å². The van der Waals surface area contributed by atoms with Crippen LogP contribution in [-0.4, -0.2) is 22.2 Å². The highest BCUT2D eigenvalue weighted by Crippen LogP contribution is 2.21. The molecule has 0 aromatic heterocycles. The van der Waals surface area contributed by atoms with E-state index in [-0.39, 0.29) is 0 Å². The number of rotatable bonds is 10. The minimum absolute atomic E-state index is 0.316. The zero-order chi connectivity index (χ0) is 17.6. The summed E-state index contributed by atoms with van der Waals surface area (Å²) in [5.41, 5.74) is 0.346. The van der Waals surface area contributed by atoms with Crippen LogP contribution in [0.4, 0.5) is 0 Å². The van der Waals surface area contributed by atoms with Gasteiger partial charge >= 0.3 is 11.9 Å². The Morgan fingerprint density at radius 1 is 0.818 bits per heavy atom. The van der Waals surface area contributed by atoms with E-state index in [0.29, 0.717) is 18.3 Å². The number of aliphatic carboxylic acids is 2. The maximum Gasteiger partial charge on any atom is 0.303 e. The van der Waals surface area contributed by atoms with Crippen molar-refractivity contribution < 1.29 is 19.8 Å². The molecule has 0 aromatic carbocycles. The van der Waals surface area contributed by atoms with Crippen LogP contribution in [0.15, 0.2) is 0 Å². The van der Waals surface area contributed by atoms with E-state index >= 15 is 0 Å². The molecule has 0 fully saturated rings. The highest BCUT2D eigenvalue weighted by Gasteiger charge is 2.09. The molecule has 0 rings (SSSR count). The van der Waals surface area contributed by atoms with Crippen molar-refractivity contribution in [3.05, 3.63) is 0 Å². The van der Waals surface area contributed by atoms with Gasteiger partial charge in [-0.15, -0.1) is 0 Å². The van der Waals surface area contributed by atoms with Crippen LogP contribution in [-0.2, 0) is 9.59 Å². The van der Waals surface area contributed by atoms with E-state index in [2.05, 4.69) is 34.6 Å². The molecule has 22 heavy (non-hydrogen) atoms. The molecule has 0 aliphatic rings.